The molecule has 0 fully saturated rings. The number of amides is 3. The summed E-state index contributed by atoms with van der Waals surface area (Å²) >= 11 is 0. The molecule has 3 amide bonds. The third-order valence-electron chi connectivity index (χ3n) is 5.11. The molecule has 0 atom stereocenters. The van der Waals surface area contributed by atoms with E-state index in [9.17, 15) is 14.4 Å². The molecule has 0 unspecified atom stereocenters. The van der Waals surface area contributed by atoms with Crippen LogP contribution in [-0.4, -0.2) is 37.1 Å². The number of anilines is 2. The van der Waals surface area contributed by atoms with Crippen molar-refractivity contribution in [3.63, 3.8) is 0 Å². The Balaban J connectivity index is 1.51. The van der Waals surface area contributed by atoms with Gasteiger partial charge >= 0.3 is 11.8 Å². The van der Waals surface area contributed by atoms with Crippen molar-refractivity contribution in [2.24, 2.45) is 5.10 Å². The molecule has 3 aromatic rings. The molecule has 3 aromatic carbocycles. The zero-order chi connectivity index (χ0) is 26.6. The van der Waals surface area contributed by atoms with Crippen LogP contribution in [0.4, 0.5) is 11.4 Å². The lowest BCUT2D eigenvalue weighted by atomic mass is 10.1. The SMILES string of the molecule is CCCOc1ccc(NC(=O)C(=O)N/N=C\c2ccccc2OCC(=O)Nc2cc(C)ccc2C)cc1. The molecule has 0 aromatic heterocycles. The molecular formula is C28H30N4O5. The first-order chi connectivity index (χ1) is 17.9. The van der Waals surface area contributed by atoms with Crippen LogP contribution in [0.1, 0.15) is 30.0 Å². The quantitative estimate of drug-likeness (QED) is 0.218. The van der Waals surface area contributed by atoms with Crippen LogP contribution in [0, 0.1) is 13.8 Å². The maximum absolute atomic E-state index is 12.4. The normalized spacial score (nSPS) is 10.6. The summed E-state index contributed by atoms with van der Waals surface area (Å²) in [6, 6.07) is 19.4. The molecule has 192 valence electrons. The number of hydrogen-bond donors (Lipinski definition) is 3. The Labute approximate surface area is 215 Å². The van der Waals surface area contributed by atoms with Crippen molar-refractivity contribution in [1.29, 1.82) is 0 Å². The van der Waals surface area contributed by atoms with Crippen LogP contribution in [0.25, 0.3) is 0 Å². The summed E-state index contributed by atoms with van der Waals surface area (Å²) in [7, 11) is 0. The van der Waals surface area contributed by atoms with E-state index in [1.807, 2.05) is 39.0 Å². The maximum atomic E-state index is 12.4. The van der Waals surface area contributed by atoms with E-state index in [-0.39, 0.29) is 12.5 Å². The van der Waals surface area contributed by atoms with Crippen LogP contribution in [0.2, 0.25) is 0 Å². The number of carbonyl (C=O) groups is 3. The molecule has 0 spiro atoms. The first-order valence-corrected chi connectivity index (χ1v) is 11.8. The molecule has 0 heterocycles. The molecule has 0 radical (unpaired) electrons. The van der Waals surface area contributed by atoms with Crippen molar-refractivity contribution < 1.29 is 23.9 Å². The average molecular weight is 503 g/mol. The minimum atomic E-state index is -0.936. The van der Waals surface area contributed by atoms with Crippen LogP contribution in [-0.2, 0) is 14.4 Å². The summed E-state index contributed by atoms with van der Waals surface area (Å²) < 4.78 is 11.1. The third kappa shape index (κ3) is 8.50. The summed E-state index contributed by atoms with van der Waals surface area (Å²) in [6.45, 7) is 6.25. The topological polar surface area (TPSA) is 118 Å². The number of hydrogen-bond acceptors (Lipinski definition) is 6. The van der Waals surface area contributed by atoms with Gasteiger partial charge in [0, 0.05) is 16.9 Å². The number of ether oxygens (including phenoxy) is 2. The third-order valence-corrected chi connectivity index (χ3v) is 5.11. The van der Waals surface area contributed by atoms with Crippen LogP contribution in [0.3, 0.4) is 0 Å². The number of aryl methyl sites for hydroxylation is 2. The summed E-state index contributed by atoms with van der Waals surface area (Å²) in [4.78, 5) is 36.7. The second kappa shape index (κ2) is 13.4. The van der Waals surface area contributed by atoms with E-state index in [1.54, 1.807) is 48.5 Å². The molecule has 9 heteroatoms. The summed E-state index contributed by atoms with van der Waals surface area (Å²) in [5, 5.41) is 9.18. The molecule has 3 rings (SSSR count). The molecule has 0 aliphatic heterocycles. The van der Waals surface area contributed by atoms with Crippen molar-refractivity contribution in [3.8, 4) is 11.5 Å². The Kier molecular flexibility index (Phi) is 9.78. The second-order valence-corrected chi connectivity index (χ2v) is 8.22. The highest BCUT2D eigenvalue weighted by Gasteiger charge is 2.13. The van der Waals surface area contributed by atoms with Gasteiger partial charge in [-0.25, -0.2) is 5.43 Å². The van der Waals surface area contributed by atoms with Gasteiger partial charge in [0.2, 0.25) is 0 Å². The Morgan fingerprint density at radius 3 is 2.41 bits per heavy atom. The van der Waals surface area contributed by atoms with Gasteiger partial charge in [0.25, 0.3) is 5.91 Å². The van der Waals surface area contributed by atoms with Crippen LogP contribution >= 0.6 is 0 Å². The standard InChI is InChI=1S/C28H30N4O5/c1-4-15-36-23-13-11-22(12-14-23)30-27(34)28(35)32-29-17-21-7-5-6-8-25(21)37-18-26(33)31-24-16-19(2)9-10-20(24)3/h5-14,16-17H,4,15,18H2,1-3H3,(H,30,34)(H,31,33)(H,32,35)/b29-17-. The zero-order valence-electron chi connectivity index (χ0n) is 21.0. The van der Waals surface area contributed by atoms with Gasteiger partial charge in [0.1, 0.15) is 11.5 Å². The van der Waals surface area contributed by atoms with Crippen molar-refractivity contribution >= 4 is 35.3 Å². The van der Waals surface area contributed by atoms with Crippen molar-refractivity contribution in [3.05, 3.63) is 83.4 Å². The van der Waals surface area contributed by atoms with Crippen molar-refractivity contribution in [2.45, 2.75) is 27.2 Å². The minimum Gasteiger partial charge on any atom is -0.494 e. The van der Waals surface area contributed by atoms with E-state index in [1.165, 1.54) is 6.21 Å². The van der Waals surface area contributed by atoms with Gasteiger partial charge in [0.15, 0.2) is 6.61 Å². The maximum Gasteiger partial charge on any atom is 0.329 e. The number of carbonyl (C=O) groups excluding carboxylic acids is 3. The fourth-order valence-corrected chi connectivity index (χ4v) is 3.17. The summed E-state index contributed by atoms with van der Waals surface area (Å²) in [5.74, 6) is -1.04. The van der Waals surface area contributed by atoms with Crippen LogP contribution in [0.5, 0.6) is 11.5 Å². The lowest BCUT2D eigenvalue weighted by Crippen LogP contribution is -2.32. The number of para-hydroxylation sites is 1. The monoisotopic (exact) mass is 502 g/mol. The molecule has 0 saturated heterocycles. The Bertz CT molecular complexity index is 1270. The van der Waals surface area contributed by atoms with Gasteiger partial charge in [-0.2, -0.15) is 5.10 Å². The highest BCUT2D eigenvalue weighted by atomic mass is 16.5. The fourth-order valence-electron chi connectivity index (χ4n) is 3.17. The second-order valence-electron chi connectivity index (χ2n) is 8.22. The Hall–Kier alpha value is -4.66. The van der Waals surface area contributed by atoms with E-state index in [0.717, 1.165) is 23.2 Å². The number of hydrazone groups is 1. The Morgan fingerprint density at radius 1 is 0.892 bits per heavy atom. The lowest BCUT2D eigenvalue weighted by molar-refractivity contribution is -0.136. The first-order valence-electron chi connectivity index (χ1n) is 11.8. The lowest BCUT2D eigenvalue weighted by Gasteiger charge is -2.11. The van der Waals surface area contributed by atoms with Gasteiger partial charge in [-0.15, -0.1) is 0 Å². The van der Waals surface area contributed by atoms with Gasteiger partial charge in [-0.1, -0.05) is 31.2 Å². The number of rotatable bonds is 10. The highest BCUT2D eigenvalue weighted by molar-refractivity contribution is 6.39. The Morgan fingerprint density at radius 2 is 1.65 bits per heavy atom. The molecule has 0 aliphatic rings. The van der Waals surface area contributed by atoms with E-state index < -0.39 is 11.8 Å². The van der Waals surface area contributed by atoms with E-state index in [4.69, 9.17) is 9.47 Å². The number of nitrogens with zero attached hydrogens (tertiary/aromatic N) is 1. The molecule has 9 nitrogen and oxygen atoms in total. The van der Waals surface area contributed by atoms with E-state index in [0.29, 0.717) is 29.4 Å². The van der Waals surface area contributed by atoms with E-state index in [2.05, 4.69) is 21.2 Å². The van der Waals surface area contributed by atoms with Crippen molar-refractivity contribution in [2.75, 3.05) is 23.8 Å². The summed E-state index contributed by atoms with van der Waals surface area (Å²) in [5.41, 5.74) is 5.87. The van der Waals surface area contributed by atoms with Gasteiger partial charge in [0.05, 0.1) is 12.8 Å². The van der Waals surface area contributed by atoms with Crippen molar-refractivity contribution in [1.82, 2.24) is 5.43 Å². The molecule has 37 heavy (non-hydrogen) atoms. The smallest absolute Gasteiger partial charge is 0.329 e. The van der Waals surface area contributed by atoms with Gasteiger partial charge < -0.3 is 20.1 Å². The molecule has 0 saturated carbocycles. The zero-order valence-corrected chi connectivity index (χ0v) is 21.0. The predicted octanol–water partition coefficient (Wildman–Crippen LogP) is 4.20. The minimum absolute atomic E-state index is 0.213. The fraction of sp³-hybridized carbons (Fsp3) is 0.214. The molecule has 0 bridgehead atoms. The van der Waals surface area contributed by atoms with Gasteiger partial charge in [-0.3, -0.25) is 14.4 Å². The highest BCUT2D eigenvalue weighted by Crippen LogP contribution is 2.18. The van der Waals surface area contributed by atoms with Crippen LogP contribution in [0.15, 0.2) is 71.8 Å². The van der Waals surface area contributed by atoms with Crippen LogP contribution < -0.4 is 25.5 Å². The largest absolute Gasteiger partial charge is 0.494 e. The molecule has 3 N–H and O–H groups in total. The molecular weight excluding hydrogens is 472 g/mol. The number of nitrogens with one attached hydrogen (secondary N) is 3. The molecule has 0 aliphatic carbocycles. The predicted molar refractivity (Wildman–Crippen MR) is 143 cm³/mol. The first kappa shape index (κ1) is 26.9. The van der Waals surface area contributed by atoms with Gasteiger partial charge in [-0.05, 0) is 73.9 Å². The van der Waals surface area contributed by atoms with E-state index >= 15 is 0 Å². The summed E-state index contributed by atoms with van der Waals surface area (Å²) in [6.07, 6.45) is 2.22. The number of benzene rings is 3. The average Bonchev–Trinajstić information content (AvgIpc) is 2.89.